The number of ether oxygens (including phenoxy) is 1. The number of halogens is 2. The molecule has 0 aliphatic heterocycles. The van der Waals surface area contributed by atoms with Gasteiger partial charge in [-0.25, -0.2) is 4.79 Å². The van der Waals surface area contributed by atoms with Gasteiger partial charge in [0, 0.05) is 0 Å². The van der Waals surface area contributed by atoms with Gasteiger partial charge in [-0.05, 0) is 13.8 Å². The van der Waals surface area contributed by atoms with Gasteiger partial charge in [-0.3, -0.25) is 0 Å². The van der Waals surface area contributed by atoms with Crippen LogP contribution in [0.25, 0.3) is 0 Å². The lowest BCUT2D eigenvalue weighted by molar-refractivity contribution is -0.142. The largest absolute Gasteiger partial charge is 0.464 e. The van der Waals surface area contributed by atoms with Crippen LogP contribution in [0.3, 0.4) is 0 Å². The monoisotopic (exact) mass is 169 g/mol. The van der Waals surface area contributed by atoms with Crippen LogP contribution in [0.15, 0.2) is 0 Å². The zero-order valence-electron chi connectivity index (χ0n) is 4.99. The summed E-state index contributed by atoms with van der Waals surface area (Å²) in [7, 11) is 0. The van der Waals surface area contributed by atoms with Gasteiger partial charge in [0.2, 0.25) is 4.33 Å². The summed E-state index contributed by atoms with van der Waals surface area (Å²) >= 11 is 10.5. The Morgan fingerprint density at radius 2 is 2.22 bits per heavy atom. The van der Waals surface area contributed by atoms with Gasteiger partial charge in [-0.15, -0.1) is 0 Å². The van der Waals surface area contributed by atoms with E-state index in [1.165, 1.54) is 0 Å². The number of alkyl halides is 2. The highest BCUT2D eigenvalue weighted by molar-refractivity contribution is 6.58. The van der Waals surface area contributed by atoms with Crippen LogP contribution in [0.1, 0.15) is 6.92 Å². The van der Waals surface area contributed by atoms with Crippen molar-refractivity contribution in [3.63, 3.8) is 0 Å². The highest BCUT2D eigenvalue weighted by atomic mass is 35.5. The summed E-state index contributed by atoms with van der Waals surface area (Å²) < 4.78 is 2.78. The van der Waals surface area contributed by atoms with Crippen molar-refractivity contribution >= 4 is 29.2 Å². The topological polar surface area (TPSA) is 26.3 Å². The van der Waals surface area contributed by atoms with Gasteiger partial charge in [-0.2, -0.15) is 0 Å². The molecule has 0 amide bonds. The van der Waals surface area contributed by atoms with Crippen LogP contribution in [-0.4, -0.2) is 16.9 Å². The smallest absolute Gasteiger partial charge is 0.342 e. The summed E-state index contributed by atoms with van der Waals surface area (Å²) in [6, 6.07) is 0. The lowest BCUT2D eigenvalue weighted by Gasteiger charge is -2.09. The molecule has 0 atom stereocenters. The molecule has 0 saturated heterocycles. The summed E-state index contributed by atoms with van der Waals surface area (Å²) in [6.07, 6.45) is 0. The van der Waals surface area contributed by atoms with Crippen LogP contribution in [0.5, 0.6) is 0 Å². The fourth-order valence-electron chi connectivity index (χ4n) is 0.237. The van der Waals surface area contributed by atoms with Gasteiger partial charge >= 0.3 is 5.97 Å². The first-order valence-electron chi connectivity index (χ1n) is 2.39. The summed E-state index contributed by atoms with van der Waals surface area (Å²) in [6.45, 7) is 5.07. The van der Waals surface area contributed by atoms with Crippen molar-refractivity contribution in [3.8, 4) is 0 Å². The Balaban J connectivity index is 3.74. The standard InChI is InChI=1S/C5H7Cl2O2/c1-3-9-4(8)5(2,6)7/h2-3H2,1H3. The summed E-state index contributed by atoms with van der Waals surface area (Å²) in [5.74, 6) is -0.715. The van der Waals surface area contributed by atoms with E-state index in [-0.39, 0.29) is 6.61 Å². The zero-order chi connectivity index (χ0) is 7.49. The molecule has 0 rings (SSSR count). The zero-order valence-corrected chi connectivity index (χ0v) is 6.50. The van der Waals surface area contributed by atoms with E-state index in [1.807, 2.05) is 0 Å². The predicted molar refractivity (Wildman–Crippen MR) is 36.4 cm³/mol. The summed E-state index contributed by atoms with van der Waals surface area (Å²) in [5.41, 5.74) is 0. The number of esters is 1. The molecule has 0 aromatic heterocycles. The molecule has 0 aromatic rings. The lowest BCUT2D eigenvalue weighted by atomic mass is 10.5. The van der Waals surface area contributed by atoms with Crippen LogP contribution in [0.2, 0.25) is 0 Å². The van der Waals surface area contributed by atoms with E-state index in [0.29, 0.717) is 0 Å². The molecular formula is C5H7Cl2O2. The van der Waals surface area contributed by atoms with E-state index in [1.54, 1.807) is 6.92 Å². The molecular weight excluding hydrogens is 163 g/mol. The van der Waals surface area contributed by atoms with Crippen molar-refractivity contribution in [2.75, 3.05) is 6.61 Å². The maximum absolute atomic E-state index is 10.5. The normalized spacial score (nSPS) is 11.1. The first-order valence-corrected chi connectivity index (χ1v) is 3.14. The van der Waals surface area contributed by atoms with Gasteiger partial charge in [0.1, 0.15) is 0 Å². The molecule has 0 aliphatic carbocycles. The van der Waals surface area contributed by atoms with Gasteiger partial charge in [0.05, 0.1) is 6.61 Å². The second-order valence-electron chi connectivity index (χ2n) is 1.42. The third kappa shape index (κ3) is 3.60. The fraction of sp³-hybridized carbons (Fsp3) is 0.600. The van der Waals surface area contributed by atoms with Gasteiger partial charge in [0.25, 0.3) is 0 Å². The predicted octanol–water partition coefficient (Wildman–Crippen LogP) is 1.56. The molecule has 0 saturated carbocycles. The SMILES string of the molecule is [CH2]C(Cl)(Cl)C(=O)OCC. The molecule has 2 nitrogen and oxygen atoms in total. The van der Waals surface area contributed by atoms with Crippen molar-refractivity contribution in [1.29, 1.82) is 0 Å². The molecule has 0 unspecified atom stereocenters. The van der Waals surface area contributed by atoms with Gasteiger partial charge in [0.15, 0.2) is 0 Å². The lowest BCUT2D eigenvalue weighted by Crippen LogP contribution is -2.24. The quantitative estimate of drug-likeness (QED) is 0.464. The maximum Gasteiger partial charge on any atom is 0.342 e. The van der Waals surface area contributed by atoms with E-state index in [4.69, 9.17) is 23.2 Å². The van der Waals surface area contributed by atoms with Crippen LogP contribution >= 0.6 is 23.2 Å². The number of hydrogen-bond donors (Lipinski definition) is 0. The summed E-state index contributed by atoms with van der Waals surface area (Å²) in [4.78, 5) is 10.5. The highest BCUT2D eigenvalue weighted by Gasteiger charge is 2.28. The molecule has 0 bridgehead atoms. The van der Waals surface area contributed by atoms with E-state index in [0.717, 1.165) is 0 Å². The maximum atomic E-state index is 10.5. The third-order valence-corrected chi connectivity index (χ3v) is 0.883. The second-order valence-corrected chi connectivity index (χ2v) is 2.91. The number of hydrogen-bond acceptors (Lipinski definition) is 2. The molecule has 1 radical (unpaired) electrons. The van der Waals surface area contributed by atoms with Crippen LogP contribution in [0.4, 0.5) is 0 Å². The Bertz CT molecular complexity index is 106. The minimum absolute atomic E-state index is 0.259. The molecule has 0 spiro atoms. The van der Waals surface area contributed by atoms with Crippen LogP contribution in [0, 0.1) is 6.92 Å². The van der Waals surface area contributed by atoms with Crippen molar-refractivity contribution in [2.24, 2.45) is 0 Å². The van der Waals surface area contributed by atoms with E-state index in [2.05, 4.69) is 11.7 Å². The molecule has 0 aliphatic rings. The molecule has 53 valence electrons. The average molecular weight is 170 g/mol. The van der Waals surface area contributed by atoms with E-state index < -0.39 is 10.3 Å². The van der Waals surface area contributed by atoms with Crippen molar-refractivity contribution in [1.82, 2.24) is 0 Å². The van der Waals surface area contributed by atoms with E-state index >= 15 is 0 Å². The van der Waals surface area contributed by atoms with Crippen LogP contribution < -0.4 is 0 Å². The number of rotatable bonds is 2. The van der Waals surface area contributed by atoms with Crippen molar-refractivity contribution < 1.29 is 9.53 Å². The third-order valence-electron chi connectivity index (χ3n) is 0.574. The van der Waals surface area contributed by atoms with Gasteiger partial charge < -0.3 is 4.74 Å². The molecule has 4 heteroatoms. The van der Waals surface area contributed by atoms with Crippen molar-refractivity contribution in [2.45, 2.75) is 11.3 Å². The highest BCUT2D eigenvalue weighted by Crippen LogP contribution is 2.20. The minimum Gasteiger partial charge on any atom is -0.464 e. The van der Waals surface area contributed by atoms with Crippen LogP contribution in [-0.2, 0) is 9.53 Å². The molecule has 0 fully saturated rings. The molecule has 0 N–H and O–H groups in total. The molecule has 9 heavy (non-hydrogen) atoms. The second kappa shape index (κ2) is 3.28. The minimum atomic E-state index is -1.66. The Morgan fingerprint density at radius 3 is 2.33 bits per heavy atom. The molecule has 0 heterocycles. The number of carbonyl (C=O) groups is 1. The first kappa shape index (κ1) is 9.05. The Morgan fingerprint density at radius 1 is 1.78 bits per heavy atom. The van der Waals surface area contributed by atoms with Crippen molar-refractivity contribution in [3.05, 3.63) is 6.92 Å². The fourth-order valence-corrected chi connectivity index (χ4v) is 0.346. The summed E-state index contributed by atoms with van der Waals surface area (Å²) in [5, 5.41) is 0. The van der Waals surface area contributed by atoms with E-state index in [9.17, 15) is 4.79 Å². The van der Waals surface area contributed by atoms with Gasteiger partial charge in [-0.1, -0.05) is 23.2 Å². The Hall–Kier alpha value is 0.0500. The molecule has 0 aromatic carbocycles. The Labute approximate surface area is 64.1 Å². The first-order chi connectivity index (χ1) is 3.98. The average Bonchev–Trinajstić information content (AvgIpc) is 1.64. The number of carbonyl (C=O) groups excluding carboxylic acids is 1. The Kier molecular flexibility index (Phi) is 3.30.